The minimum atomic E-state index is -0.265. The Labute approximate surface area is 230 Å². The van der Waals surface area contributed by atoms with Gasteiger partial charge in [0.15, 0.2) is 11.5 Å². The minimum Gasteiger partial charge on any atom is -0.493 e. The lowest BCUT2D eigenvalue weighted by Gasteiger charge is -2.28. The van der Waals surface area contributed by atoms with Gasteiger partial charge in [0.05, 0.1) is 20.8 Å². The first-order valence-electron chi connectivity index (χ1n) is 12.9. The van der Waals surface area contributed by atoms with E-state index >= 15 is 0 Å². The monoisotopic (exact) mass is 537 g/mol. The van der Waals surface area contributed by atoms with Gasteiger partial charge in [-0.2, -0.15) is 0 Å². The fourth-order valence-corrected chi connectivity index (χ4v) is 5.19. The van der Waals surface area contributed by atoms with E-state index in [0.717, 1.165) is 39.2 Å². The quantitative estimate of drug-likeness (QED) is 0.298. The number of nitrogens with one attached hydrogen (secondary N) is 1. The van der Waals surface area contributed by atoms with Crippen LogP contribution in [-0.4, -0.2) is 55.6 Å². The zero-order chi connectivity index (χ0) is 27.7. The van der Waals surface area contributed by atoms with Gasteiger partial charge in [-0.15, -0.1) is 11.3 Å². The Morgan fingerprint density at radius 1 is 0.895 bits per heavy atom. The Morgan fingerprint density at radius 3 is 2.29 bits per heavy atom. The van der Waals surface area contributed by atoms with Gasteiger partial charge >= 0.3 is 6.03 Å². The number of urea groups is 1. The van der Waals surface area contributed by atoms with Crippen LogP contribution in [-0.2, 0) is 17.8 Å². The van der Waals surface area contributed by atoms with Gasteiger partial charge in [0.2, 0.25) is 5.91 Å². The third-order valence-corrected chi connectivity index (χ3v) is 7.51. The van der Waals surface area contributed by atoms with Crippen molar-refractivity contribution >= 4 is 29.0 Å². The topological polar surface area (TPSA) is 71.1 Å². The number of amides is 3. The van der Waals surface area contributed by atoms with Gasteiger partial charge in [0.1, 0.15) is 6.54 Å². The standard InChI is InChI=1S/C30H39N3O4S/c1-7-14-33(30(35)31-25-10-8-21(2)17-23(25)4)20-29(34)32(19-28-22(3)13-16-38-28)15-12-24-9-11-26(36-5)27(18-24)37-6/h8-11,13,16-18H,7,12,14-15,19-20H2,1-6H3,(H,31,35). The van der Waals surface area contributed by atoms with E-state index in [4.69, 9.17) is 9.47 Å². The van der Waals surface area contributed by atoms with Crippen molar-refractivity contribution < 1.29 is 19.1 Å². The molecule has 7 nitrogen and oxygen atoms in total. The molecule has 3 rings (SSSR count). The molecular weight excluding hydrogens is 498 g/mol. The van der Waals surface area contributed by atoms with Crippen LogP contribution in [0.5, 0.6) is 11.5 Å². The summed E-state index contributed by atoms with van der Waals surface area (Å²) in [6.45, 7) is 9.59. The second kappa shape index (κ2) is 13.9. The van der Waals surface area contributed by atoms with Crippen LogP contribution in [0.2, 0.25) is 0 Å². The molecule has 0 atom stereocenters. The zero-order valence-electron chi connectivity index (χ0n) is 23.3. The van der Waals surface area contributed by atoms with Gasteiger partial charge in [0.25, 0.3) is 0 Å². The lowest BCUT2D eigenvalue weighted by atomic mass is 10.1. The number of benzene rings is 2. The first-order valence-corrected chi connectivity index (χ1v) is 13.8. The average Bonchev–Trinajstić information content (AvgIpc) is 3.31. The van der Waals surface area contributed by atoms with E-state index in [2.05, 4.69) is 18.3 Å². The number of thiophene rings is 1. The highest BCUT2D eigenvalue weighted by molar-refractivity contribution is 7.10. The van der Waals surface area contributed by atoms with Crippen molar-refractivity contribution in [1.82, 2.24) is 9.80 Å². The number of hydrogen-bond acceptors (Lipinski definition) is 5. The largest absolute Gasteiger partial charge is 0.493 e. The van der Waals surface area contributed by atoms with E-state index in [9.17, 15) is 9.59 Å². The number of nitrogens with zero attached hydrogens (tertiary/aromatic N) is 2. The third-order valence-electron chi connectivity index (χ3n) is 6.50. The molecule has 0 aliphatic carbocycles. The van der Waals surface area contributed by atoms with Crippen molar-refractivity contribution in [2.75, 3.05) is 39.2 Å². The Morgan fingerprint density at radius 2 is 1.66 bits per heavy atom. The number of anilines is 1. The number of carbonyl (C=O) groups excluding carboxylic acids is 2. The van der Waals surface area contributed by atoms with Crippen molar-refractivity contribution in [3.63, 3.8) is 0 Å². The summed E-state index contributed by atoms with van der Waals surface area (Å²) in [5.41, 5.74) is 5.09. The Bertz CT molecular complexity index is 1240. The summed E-state index contributed by atoms with van der Waals surface area (Å²) in [6.07, 6.45) is 1.41. The molecule has 1 N–H and O–H groups in total. The number of aryl methyl sites for hydroxylation is 3. The molecule has 8 heteroatoms. The van der Waals surface area contributed by atoms with Gasteiger partial charge in [0, 0.05) is 23.7 Å². The second-order valence-corrected chi connectivity index (χ2v) is 10.5. The van der Waals surface area contributed by atoms with E-state index in [1.54, 1.807) is 30.5 Å². The summed E-state index contributed by atoms with van der Waals surface area (Å²) in [7, 11) is 3.22. The summed E-state index contributed by atoms with van der Waals surface area (Å²) >= 11 is 1.64. The van der Waals surface area contributed by atoms with Crippen LogP contribution in [0.15, 0.2) is 47.8 Å². The molecule has 0 saturated heterocycles. The average molecular weight is 538 g/mol. The number of methoxy groups -OCH3 is 2. The van der Waals surface area contributed by atoms with Crippen LogP contribution in [0.1, 0.15) is 40.5 Å². The molecule has 0 fully saturated rings. The number of carbonyl (C=O) groups is 2. The molecule has 0 aliphatic heterocycles. The van der Waals surface area contributed by atoms with Gasteiger partial charge in [-0.3, -0.25) is 4.79 Å². The van der Waals surface area contributed by atoms with Crippen LogP contribution in [0.4, 0.5) is 10.5 Å². The van der Waals surface area contributed by atoms with Gasteiger partial charge in [-0.1, -0.05) is 30.7 Å². The van der Waals surface area contributed by atoms with Crippen molar-refractivity contribution in [2.45, 2.75) is 47.1 Å². The van der Waals surface area contributed by atoms with Crippen LogP contribution in [0, 0.1) is 20.8 Å². The molecule has 0 saturated carbocycles. The summed E-state index contributed by atoms with van der Waals surface area (Å²) in [5, 5.41) is 5.04. The molecule has 0 unspecified atom stereocenters. The minimum absolute atomic E-state index is 0.0148. The maximum atomic E-state index is 13.6. The zero-order valence-corrected chi connectivity index (χ0v) is 24.1. The molecule has 2 aromatic carbocycles. The van der Waals surface area contributed by atoms with Crippen molar-refractivity contribution in [3.8, 4) is 11.5 Å². The highest BCUT2D eigenvalue weighted by atomic mass is 32.1. The summed E-state index contributed by atoms with van der Waals surface area (Å²) in [5.74, 6) is 1.25. The lowest BCUT2D eigenvalue weighted by molar-refractivity contribution is -0.132. The third kappa shape index (κ3) is 7.74. The first kappa shape index (κ1) is 29.0. The molecule has 0 bridgehead atoms. The Balaban J connectivity index is 1.76. The van der Waals surface area contributed by atoms with E-state index in [-0.39, 0.29) is 18.5 Å². The normalized spacial score (nSPS) is 10.7. The Hall–Kier alpha value is -3.52. The van der Waals surface area contributed by atoms with E-state index in [1.165, 1.54) is 0 Å². The van der Waals surface area contributed by atoms with Crippen molar-refractivity contribution in [3.05, 3.63) is 75.0 Å². The predicted octanol–water partition coefficient (Wildman–Crippen LogP) is 6.21. The van der Waals surface area contributed by atoms with Crippen molar-refractivity contribution in [1.29, 1.82) is 0 Å². The highest BCUT2D eigenvalue weighted by Gasteiger charge is 2.22. The summed E-state index contributed by atoms with van der Waals surface area (Å²) < 4.78 is 10.8. The number of rotatable bonds is 12. The van der Waals surface area contributed by atoms with Gasteiger partial charge in [-0.25, -0.2) is 4.79 Å². The van der Waals surface area contributed by atoms with E-state index < -0.39 is 0 Å². The van der Waals surface area contributed by atoms with Crippen LogP contribution in [0.3, 0.4) is 0 Å². The van der Waals surface area contributed by atoms with Crippen molar-refractivity contribution in [2.24, 2.45) is 0 Å². The highest BCUT2D eigenvalue weighted by Crippen LogP contribution is 2.28. The second-order valence-electron chi connectivity index (χ2n) is 9.45. The molecule has 0 spiro atoms. The van der Waals surface area contributed by atoms with Crippen LogP contribution >= 0.6 is 11.3 Å². The smallest absolute Gasteiger partial charge is 0.322 e. The lowest BCUT2D eigenvalue weighted by Crippen LogP contribution is -2.45. The molecule has 204 valence electrons. The van der Waals surface area contributed by atoms with E-state index in [1.807, 2.05) is 67.4 Å². The van der Waals surface area contributed by atoms with Gasteiger partial charge < -0.3 is 24.6 Å². The summed E-state index contributed by atoms with van der Waals surface area (Å²) in [6, 6.07) is 13.5. The van der Waals surface area contributed by atoms with Gasteiger partial charge in [-0.05, 0) is 79.9 Å². The molecule has 0 radical (unpaired) electrons. The molecule has 3 amide bonds. The molecule has 3 aromatic rings. The fraction of sp³-hybridized carbons (Fsp3) is 0.400. The maximum Gasteiger partial charge on any atom is 0.322 e. The van der Waals surface area contributed by atoms with Crippen LogP contribution in [0.25, 0.3) is 0 Å². The molecule has 1 aromatic heterocycles. The number of hydrogen-bond donors (Lipinski definition) is 1. The SMILES string of the molecule is CCCN(CC(=O)N(CCc1ccc(OC)c(OC)c1)Cc1sccc1C)C(=O)Nc1ccc(C)cc1C. The maximum absolute atomic E-state index is 13.6. The first-order chi connectivity index (χ1) is 18.2. The molecular formula is C30H39N3O4S. The molecule has 38 heavy (non-hydrogen) atoms. The summed E-state index contributed by atoms with van der Waals surface area (Å²) in [4.78, 5) is 31.4. The fourth-order valence-electron chi connectivity index (χ4n) is 4.27. The number of ether oxygens (including phenoxy) is 2. The van der Waals surface area contributed by atoms with Crippen LogP contribution < -0.4 is 14.8 Å². The van der Waals surface area contributed by atoms with E-state index in [0.29, 0.717) is 37.6 Å². The molecule has 1 heterocycles. The Kier molecular flexibility index (Phi) is 10.6. The molecule has 0 aliphatic rings. The predicted molar refractivity (Wildman–Crippen MR) is 155 cm³/mol.